The van der Waals surface area contributed by atoms with Crippen molar-refractivity contribution in [2.24, 2.45) is 5.92 Å². The average molecular weight is 187 g/mol. The summed E-state index contributed by atoms with van der Waals surface area (Å²) >= 11 is 0. The summed E-state index contributed by atoms with van der Waals surface area (Å²) in [6.45, 7) is 13.7. The quantitative estimate of drug-likeness (QED) is 0.618. The molecule has 0 unspecified atom stereocenters. The van der Waals surface area contributed by atoms with Crippen LogP contribution >= 0.6 is 0 Å². The van der Waals surface area contributed by atoms with E-state index < -0.39 is 0 Å². The molecule has 0 aromatic heterocycles. The van der Waals surface area contributed by atoms with Gasteiger partial charge in [0, 0.05) is 13.2 Å². The molecule has 0 fully saturated rings. The number of ether oxygens (including phenoxy) is 1. The Morgan fingerprint density at radius 1 is 1.31 bits per heavy atom. The summed E-state index contributed by atoms with van der Waals surface area (Å²) in [7, 11) is 0. The summed E-state index contributed by atoms with van der Waals surface area (Å²) in [5.74, 6) is 0.616. The van der Waals surface area contributed by atoms with Crippen LogP contribution in [0.15, 0.2) is 0 Å². The van der Waals surface area contributed by atoms with Gasteiger partial charge in [0.05, 0.1) is 5.60 Å². The van der Waals surface area contributed by atoms with Crippen molar-refractivity contribution in [3.63, 3.8) is 0 Å². The van der Waals surface area contributed by atoms with Crippen molar-refractivity contribution < 1.29 is 4.74 Å². The van der Waals surface area contributed by atoms with E-state index in [1.54, 1.807) is 0 Å². The third-order valence-electron chi connectivity index (χ3n) is 1.78. The largest absolute Gasteiger partial charge is 0.374 e. The van der Waals surface area contributed by atoms with Gasteiger partial charge in [0.25, 0.3) is 0 Å². The lowest BCUT2D eigenvalue weighted by Crippen LogP contribution is -2.38. The summed E-state index contributed by atoms with van der Waals surface area (Å²) in [6, 6.07) is 0. The Bertz CT molecular complexity index is 121. The molecule has 0 saturated carbocycles. The highest BCUT2D eigenvalue weighted by molar-refractivity contribution is 4.71. The summed E-state index contributed by atoms with van der Waals surface area (Å²) in [5, 5.41) is 3.37. The predicted octanol–water partition coefficient (Wildman–Crippen LogP) is 2.44. The lowest BCUT2D eigenvalue weighted by Gasteiger charge is -2.26. The molecule has 2 nitrogen and oxygen atoms in total. The first-order valence-electron chi connectivity index (χ1n) is 5.32. The zero-order valence-electron chi connectivity index (χ0n) is 9.81. The molecule has 13 heavy (non-hydrogen) atoms. The van der Waals surface area contributed by atoms with Crippen LogP contribution in [0.1, 0.15) is 41.0 Å². The van der Waals surface area contributed by atoms with Gasteiger partial charge in [-0.15, -0.1) is 0 Å². The molecular weight excluding hydrogens is 162 g/mol. The van der Waals surface area contributed by atoms with Gasteiger partial charge in [-0.25, -0.2) is 0 Å². The Hall–Kier alpha value is -0.0800. The highest BCUT2D eigenvalue weighted by Gasteiger charge is 2.17. The minimum absolute atomic E-state index is 0.0283. The van der Waals surface area contributed by atoms with Gasteiger partial charge in [-0.05, 0) is 32.7 Å². The Kier molecular flexibility index (Phi) is 6.35. The van der Waals surface area contributed by atoms with Gasteiger partial charge in [-0.1, -0.05) is 20.8 Å². The second-order valence-corrected chi connectivity index (χ2v) is 4.64. The van der Waals surface area contributed by atoms with Crippen LogP contribution < -0.4 is 5.32 Å². The number of rotatable bonds is 7. The lowest BCUT2D eigenvalue weighted by atomic mass is 10.1. The molecule has 0 spiro atoms. The van der Waals surface area contributed by atoms with Crippen LogP contribution in [0.3, 0.4) is 0 Å². The second-order valence-electron chi connectivity index (χ2n) is 4.64. The van der Waals surface area contributed by atoms with E-state index in [0.29, 0.717) is 5.92 Å². The van der Waals surface area contributed by atoms with Crippen molar-refractivity contribution >= 4 is 0 Å². The molecule has 0 aromatic carbocycles. The monoisotopic (exact) mass is 187 g/mol. The van der Waals surface area contributed by atoms with Gasteiger partial charge in [-0.2, -0.15) is 0 Å². The van der Waals surface area contributed by atoms with E-state index in [1.807, 2.05) is 0 Å². The fraction of sp³-hybridized carbons (Fsp3) is 1.00. The van der Waals surface area contributed by atoms with Gasteiger partial charge in [0.15, 0.2) is 0 Å². The van der Waals surface area contributed by atoms with E-state index in [0.717, 1.165) is 19.7 Å². The minimum atomic E-state index is -0.0283. The highest BCUT2D eigenvalue weighted by atomic mass is 16.5. The molecule has 0 aliphatic heterocycles. The first kappa shape index (κ1) is 12.9. The van der Waals surface area contributed by atoms with Crippen molar-refractivity contribution in [1.29, 1.82) is 0 Å². The second kappa shape index (κ2) is 6.39. The van der Waals surface area contributed by atoms with Crippen LogP contribution in [-0.4, -0.2) is 25.3 Å². The van der Waals surface area contributed by atoms with Crippen LogP contribution in [0.4, 0.5) is 0 Å². The Balaban J connectivity index is 3.54. The van der Waals surface area contributed by atoms with Gasteiger partial charge in [-0.3, -0.25) is 0 Å². The molecule has 1 N–H and O–H groups in total. The molecule has 0 atom stereocenters. The number of hydrogen-bond acceptors (Lipinski definition) is 2. The SMILES string of the molecule is CCCNCC(C)(C)OCC(C)C. The summed E-state index contributed by atoms with van der Waals surface area (Å²) in [5.41, 5.74) is -0.0283. The maximum atomic E-state index is 5.77. The van der Waals surface area contributed by atoms with Crippen LogP contribution in [0.25, 0.3) is 0 Å². The van der Waals surface area contributed by atoms with Crippen molar-refractivity contribution in [3.05, 3.63) is 0 Å². The highest BCUT2D eigenvalue weighted by Crippen LogP contribution is 2.09. The van der Waals surface area contributed by atoms with E-state index in [4.69, 9.17) is 4.74 Å². The zero-order chi connectivity index (χ0) is 10.3. The fourth-order valence-corrected chi connectivity index (χ4v) is 1.01. The number of nitrogens with one attached hydrogen (secondary N) is 1. The normalized spacial score (nSPS) is 12.5. The van der Waals surface area contributed by atoms with Crippen LogP contribution in [0.5, 0.6) is 0 Å². The van der Waals surface area contributed by atoms with Crippen molar-refractivity contribution in [3.8, 4) is 0 Å². The first-order chi connectivity index (χ1) is 5.98. The zero-order valence-corrected chi connectivity index (χ0v) is 9.81. The molecule has 0 heterocycles. The first-order valence-corrected chi connectivity index (χ1v) is 5.32. The van der Waals surface area contributed by atoms with E-state index in [-0.39, 0.29) is 5.60 Å². The predicted molar refractivity (Wildman–Crippen MR) is 58.0 cm³/mol. The van der Waals surface area contributed by atoms with Gasteiger partial charge < -0.3 is 10.1 Å². The minimum Gasteiger partial charge on any atom is -0.374 e. The third-order valence-corrected chi connectivity index (χ3v) is 1.78. The van der Waals surface area contributed by atoms with E-state index in [2.05, 4.69) is 39.9 Å². The molecule has 80 valence electrons. The molecule has 0 aliphatic rings. The molecule has 0 amide bonds. The van der Waals surface area contributed by atoms with E-state index in [9.17, 15) is 0 Å². The Morgan fingerprint density at radius 3 is 2.38 bits per heavy atom. The lowest BCUT2D eigenvalue weighted by molar-refractivity contribution is -0.0290. The average Bonchev–Trinajstić information content (AvgIpc) is 2.02. The van der Waals surface area contributed by atoms with Gasteiger partial charge >= 0.3 is 0 Å². The molecular formula is C11H25NO. The molecule has 0 aliphatic carbocycles. The standard InChI is InChI=1S/C11H25NO/c1-6-7-12-9-11(4,5)13-8-10(2)3/h10,12H,6-9H2,1-5H3. The van der Waals surface area contributed by atoms with E-state index in [1.165, 1.54) is 6.42 Å². The Labute approximate surface area is 83.1 Å². The summed E-state index contributed by atoms with van der Waals surface area (Å²) in [6.07, 6.45) is 1.18. The molecule has 0 bridgehead atoms. The van der Waals surface area contributed by atoms with Crippen LogP contribution in [0.2, 0.25) is 0 Å². The fourth-order valence-electron chi connectivity index (χ4n) is 1.01. The summed E-state index contributed by atoms with van der Waals surface area (Å²) in [4.78, 5) is 0. The molecule has 0 saturated heterocycles. The summed E-state index contributed by atoms with van der Waals surface area (Å²) < 4.78 is 5.77. The van der Waals surface area contributed by atoms with Gasteiger partial charge in [0.2, 0.25) is 0 Å². The maximum Gasteiger partial charge on any atom is 0.0750 e. The third kappa shape index (κ3) is 8.26. The van der Waals surface area contributed by atoms with Crippen molar-refractivity contribution in [2.45, 2.75) is 46.6 Å². The number of hydrogen-bond donors (Lipinski definition) is 1. The Morgan fingerprint density at radius 2 is 1.92 bits per heavy atom. The maximum absolute atomic E-state index is 5.77. The smallest absolute Gasteiger partial charge is 0.0750 e. The van der Waals surface area contributed by atoms with Crippen LogP contribution in [0, 0.1) is 5.92 Å². The van der Waals surface area contributed by atoms with Crippen molar-refractivity contribution in [1.82, 2.24) is 5.32 Å². The van der Waals surface area contributed by atoms with E-state index >= 15 is 0 Å². The van der Waals surface area contributed by atoms with Gasteiger partial charge in [0.1, 0.15) is 0 Å². The molecule has 0 rings (SSSR count). The molecule has 0 radical (unpaired) electrons. The topological polar surface area (TPSA) is 21.3 Å². The van der Waals surface area contributed by atoms with Crippen molar-refractivity contribution in [2.75, 3.05) is 19.7 Å². The molecule has 0 aromatic rings. The molecule has 2 heteroatoms. The van der Waals surface area contributed by atoms with Crippen LogP contribution in [-0.2, 0) is 4.74 Å².